The lowest BCUT2D eigenvalue weighted by atomic mass is 10.0. The molecule has 0 saturated carbocycles. The zero-order valence-electron chi connectivity index (χ0n) is 9.83. The molecule has 2 aromatic rings. The second kappa shape index (κ2) is 4.26. The van der Waals surface area contributed by atoms with Crippen molar-refractivity contribution in [3.63, 3.8) is 0 Å². The minimum Gasteiger partial charge on any atom is -0.461 e. The second-order valence-electron chi connectivity index (χ2n) is 4.39. The van der Waals surface area contributed by atoms with Crippen LogP contribution in [0.5, 0.6) is 0 Å². The summed E-state index contributed by atoms with van der Waals surface area (Å²) in [6.07, 6.45) is 2.21. The van der Waals surface area contributed by atoms with Crippen LogP contribution in [-0.2, 0) is 6.42 Å². The van der Waals surface area contributed by atoms with E-state index >= 15 is 0 Å². The third kappa shape index (κ3) is 1.95. The molecule has 0 saturated heterocycles. The predicted octanol–water partition coefficient (Wildman–Crippen LogP) is 3.06. The zero-order valence-corrected chi connectivity index (χ0v) is 9.83. The van der Waals surface area contributed by atoms with Crippen molar-refractivity contribution >= 4 is 11.0 Å². The van der Waals surface area contributed by atoms with Gasteiger partial charge in [-0.25, -0.2) is 4.39 Å². The van der Waals surface area contributed by atoms with Gasteiger partial charge in [0.2, 0.25) is 0 Å². The maximum atomic E-state index is 14.0. The van der Waals surface area contributed by atoms with E-state index in [1.54, 1.807) is 6.07 Å². The molecule has 1 aromatic carbocycles. The molecule has 2 rings (SSSR count). The molecule has 0 fully saturated rings. The highest BCUT2D eigenvalue weighted by molar-refractivity contribution is 5.78. The average Bonchev–Trinajstić information content (AvgIpc) is 2.70. The molecule has 0 bridgehead atoms. The molecule has 1 unspecified atom stereocenters. The normalized spacial score (nSPS) is 13.6. The molecule has 0 aliphatic rings. The minimum absolute atomic E-state index is 0.226. The van der Waals surface area contributed by atoms with Crippen molar-refractivity contribution in [3.05, 3.63) is 35.8 Å². The molecular weight excluding hydrogens is 205 g/mol. The van der Waals surface area contributed by atoms with Crippen molar-refractivity contribution in [1.29, 1.82) is 0 Å². The largest absolute Gasteiger partial charge is 0.461 e. The van der Waals surface area contributed by atoms with Crippen LogP contribution in [-0.4, -0.2) is 25.0 Å². The molecule has 2 nitrogen and oxygen atoms in total. The van der Waals surface area contributed by atoms with Gasteiger partial charge in [0.05, 0.1) is 6.26 Å². The van der Waals surface area contributed by atoms with Crippen LogP contribution in [0.25, 0.3) is 11.0 Å². The van der Waals surface area contributed by atoms with E-state index in [1.807, 2.05) is 26.2 Å². The predicted molar refractivity (Wildman–Crippen MR) is 63.0 cm³/mol. The van der Waals surface area contributed by atoms with E-state index in [0.717, 1.165) is 5.39 Å². The quantitative estimate of drug-likeness (QED) is 0.792. The Morgan fingerprint density at radius 3 is 2.75 bits per heavy atom. The van der Waals surface area contributed by atoms with Gasteiger partial charge in [-0.1, -0.05) is 12.1 Å². The molecule has 0 aliphatic heterocycles. The molecule has 0 amide bonds. The Kier molecular flexibility index (Phi) is 2.97. The fourth-order valence-corrected chi connectivity index (χ4v) is 1.70. The Bertz CT molecular complexity index is 490. The number of halogens is 1. The van der Waals surface area contributed by atoms with Gasteiger partial charge in [0.25, 0.3) is 0 Å². The fraction of sp³-hybridized carbons (Fsp3) is 0.385. The molecule has 0 N–H and O–H groups in total. The molecule has 1 aromatic heterocycles. The molecule has 1 atom stereocenters. The monoisotopic (exact) mass is 221 g/mol. The average molecular weight is 221 g/mol. The summed E-state index contributed by atoms with van der Waals surface area (Å²) in [5.74, 6) is -0.226. The van der Waals surface area contributed by atoms with E-state index in [4.69, 9.17) is 4.42 Å². The number of nitrogens with zero attached hydrogens (tertiary/aromatic N) is 1. The molecule has 0 spiro atoms. The maximum absolute atomic E-state index is 14.0. The van der Waals surface area contributed by atoms with Crippen LogP contribution in [0.15, 0.2) is 28.9 Å². The Balaban J connectivity index is 2.34. The number of hydrogen-bond acceptors (Lipinski definition) is 2. The molecule has 16 heavy (non-hydrogen) atoms. The summed E-state index contributed by atoms with van der Waals surface area (Å²) in [7, 11) is 3.99. The van der Waals surface area contributed by atoms with Crippen molar-refractivity contribution in [3.8, 4) is 0 Å². The molecule has 1 heterocycles. The standard InChI is InChI=1S/C13H16FNO/c1-9(15(2)3)8-11-5-4-10-6-7-16-13(10)12(11)14/h4-7,9H,8H2,1-3H3. The van der Waals surface area contributed by atoms with Crippen LogP contribution >= 0.6 is 0 Å². The lowest BCUT2D eigenvalue weighted by Gasteiger charge is -2.19. The highest BCUT2D eigenvalue weighted by Gasteiger charge is 2.13. The van der Waals surface area contributed by atoms with Gasteiger partial charge >= 0.3 is 0 Å². The van der Waals surface area contributed by atoms with Crippen LogP contribution in [0.1, 0.15) is 12.5 Å². The van der Waals surface area contributed by atoms with Gasteiger partial charge in [-0.05, 0) is 39.1 Å². The Hall–Kier alpha value is -1.35. The van der Waals surface area contributed by atoms with Gasteiger partial charge < -0.3 is 9.32 Å². The topological polar surface area (TPSA) is 16.4 Å². The SMILES string of the molecule is CC(Cc1ccc2ccoc2c1F)N(C)C. The lowest BCUT2D eigenvalue weighted by Crippen LogP contribution is -2.27. The minimum atomic E-state index is -0.226. The smallest absolute Gasteiger partial charge is 0.169 e. The van der Waals surface area contributed by atoms with Gasteiger partial charge in [0.1, 0.15) is 0 Å². The summed E-state index contributed by atoms with van der Waals surface area (Å²) in [4.78, 5) is 2.08. The molecular formula is C13H16FNO. The summed E-state index contributed by atoms with van der Waals surface area (Å²) < 4.78 is 19.2. The maximum Gasteiger partial charge on any atom is 0.169 e. The highest BCUT2D eigenvalue weighted by atomic mass is 19.1. The molecule has 86 valence electrons. The third-order valence-corrected chi connectivity index (χ3v) is 3.04. The van der Waals surface area contributed by atoms with E-state index < -0.39 is 0 Å². The Labute approximate surface area is 94.7 Å². The van der Waals surface area contributed by atoms with Crippen LogP contribution in [0.3, 0.4) is 0 Å². The number of furan rings is 1. The summed E-state index contributed by atoms with van der Waals surface area (Å²) in [5.41, 5.74) is 1.08. The van der Waals surface area contributed by atoms with Gasteiger partial charge in [0, 0.05) is 11.4 Å². The van der Waals surface area contributed by atoms with Crippen molar-refractivity contribution in [1.82, 2.24) is 4.90 Å². The Morgan fingerprint density at radius 1 is 1.31 bits per heavy atom. The van der Waals surface area contributed by atoms with Crippen molar-refractivity contribution < 1.29 is 8.81 Å². The number of hydrogen-bond donors (Lipinski definition) is 0. The number of benzene rings is 1. The lowest BCUT2D eigenvalue weighted by molar-refractivity contribution is 0.310. The molecule has 0 radical (unpaired) electrons. The van der Waals surface area contributed by atoms with E-state index in [0.29, 0.717) is 23.6 Å². The van der Waals surface area contributed by atoms with Crippen molar-refractivity contribution in [2.45, 2.75) is 19.4 Å². The van der Waals surface area contributed by atoms with Crippen molar-refractivity contribution in [2.75, 3.05) is 14.1 Å². The van der Waals surface area contributed by atoms with Gasteiger partial charge in [0.15, 0.2) is 11.4 Å². The summed E-state index contributed by atoms with van der Waals surface area (Å²) in [6.45, 7) is 2.08. The number of fused-ring (bicyclic) bond motifs is 1. The van der Waals surface area contributed by atoms with E-state index in [9.17, 15) is 4.39 Å². The van der Waals surface area contributed by atoms with E-state index in [-0.39, 0.29) is 5.82 Å². The first-order valence-corrected chi connectivity index (χ1v) is 5.40. The first-order valence-electron chi connectivity index (χ1n) is 5.40. The van der Waals surface area contributed by atoms with Gasteiger partial charge in [-0.3, -0.25) is 0 Å². The van der Waals surface area contributed by atoms with Crippen LogP contribution < -0.4 is 0 Å². The van der Waals surface area contributed by atoms with Crippen LogP contribution in [0.4, 0.5) is 4.39 Å². The fourth-order valence-electron chi connectivity index (χ4n) is 1.70. The van der Waals surface area contributed by atoms with Gasteiger partial charge in [-0.15, -0.1) is 0 Å². The van der Waals surface area contributed by atoms with Gasteiger partial charge in [-0.2, -0.15) is 0 Å². The second-order valence-corrected chi connectivity index (χ2v) is 4.39. The first-order chi connectivity index (χ1) is 7.59. The molecule has 3 heteroatoms. The van der Waals surface area contributed by atoms with Crippen LogP contribution in [0, 0.1) is 5.82 Å². The number of likely N-dealkylation sites (N-methyl/N-ethyl adjacent to an activating group) is 1. The Morgan fingerprint density at radius 2 is 2.06 bits per heavy atom. The van der Waals surface area contributed by atoms with E-state index in [2.05, 4.69) is 11.8 Å². The first kappa shape index (κ1) is 11.1. The third-order valence-electron chi connectivity index (χ3n) is 3.04. The summed E-state index contributed by atoms with van der Waals surface area (Å²) >= 11 is 0. The number of rotatable bonds is 3. The van der Waals surface area contributed by atoms with Crippen LogP contribution in [0.2, 0.25) is 0 Å². The zero-order chi connectivity index (χ0) is 11.7. The highest BCUT2D eigenvalue weighted by Crippen LogP contribution is 2.23. The van der Waals surface area contributed by atoms with Crippen molar-refractivity contribution in [2.24, 2.45) is 0 Å². The summed E-state index contributed by atoms with van der Waals surface area (Å²) in [5, 5.41) is 0.818. The van der Waals surface area contributed by atoms with E-state index in [1.165, 1.54) is 6.26 Å². The summed E-state index contributed by atoms with van der Waals surface area (Å²) in [6, 6.07) is 5.83. The molecule has 0 aliphatic carbocycles.